The SMILES string of the molecule is Cc1cc(C)cc(CC(O)c2ccc(Cl)cc2Br)c1. The molecule has 0 bridgehead atoms. The maximum absolute atomic E-state index is 10.4. The van der Waals surface area contributed by atoms with Crippen molar-refractivity contribution in [2.45, 2.75) is 26.4 Å². The van der Waals surface area contributed by atoms with Gasteiger partial charge in [-0.3, -0.25) is 0 Å². The molecule has 0 aliphatic rings. The van der Waals surface area contributed by atoms with Crippen LogP contribution < -0.4 is 0 Å². The molecule has 0 heterocycles. The molecule has 0 aliphatic carbocycles. The third-order valence-corrected chi connectivity index (χ3v) is 3.95. The molecular formula is C16H16BrClO. The topological polar surface area (TPSA) is 20.2 Å². The van der Waals surface area contributed by atoms with E-state index in [1.165, 1.54) is 11.1 Å². The highest BCUT2D eigenvalue weighted by molar-refractivity contribution is 9.10. The summed E-state index contributed by atoms with van der Waals surface area (Å²) >= 11 is 9.36. The summed E-state index contributed by atoms with van der Waals surface area (Å²) < 4.78 is 0.844. The first kappa shape index (κ1) is 14.6. The number of rotatable bonds is 3. The normalized spacial score (nSPS) is 12.5. The number of aliphatic hydroxyl groups excluding tert-OH is 1. The molecule has 1 N–H and O–H groups in total. The van der Waals surface area contributed by atoms with E-state index in [1.807, 2.05) is 12.1 Å². The molecule has 2 aromatic carbocycles. The minimum atomic E-state index is -0.534. The van der Waals surface area contributed by atoms with Gasteiger partial charge >= 0.3 is 0 Å². The van der Waals surface area contributed by atoms with Gasteiger partial charge in [-0.1, -0.05) is 62.9 Å². The van der Waals surface area contributed by atoms with Crippen LogP contribution in [0.3, 0.4) is 0 Å². The molecule has 2 rings (SSSR count). The van der Waals surface area contributed by atoms with Crippen LogP contribution in [0.15, 0.2) is 40.9 Å². The molecule has 100 valence electrons. The van der Waals surface area contributed by atoms with Crippen molar-refractivity contribution in [2.24, 2.45) is 0 Å². The quantitative estimate of drug-likeness (QED) is 0.834. The lowest BCUT2D eigenvalue weighted by atomic mass is 9.98. The third-order valence-electron chi connectivity index (χ3n) is 3.03. The second kappa shape index (κ2) is 6.08. The Hall–Kier alpha value is -0.830. The lowest BCUT2D eigenvalue weighted by Crippen LogP contribution is -2.03. The van der Waals surface area contributed by atoms with Crippen LogP contribution >= 0.6 is 27.5 Å². The van der Waals surface area contributed by atoms with Gasteiger partial charge in [0.05, 0.1) is 6.10 Å². The van der Waals surface area contributed by atoms with E-state index in [0.29, 0.717) is 11.4 Å². The van der Waals surface area contributed by atoms with Crippen LogP contribution in [-0.2, 0) is 6.42 Å². The van der Waals surface area contributed by atoms with Gasteiger partial charge in [0.25, 0.3) is 0 Å². The molecule has 0 radical (unpaired) electrons. The largest absolute Gasteiger partial charge is 0.388 e. The Bertz CT molecular complexity index is 575. The Balaban J connectivity index is 2.22. The van der Waals surface area contributed by atoms with Crippen LogP contribution in [-0.4, -0.2) is 5.11 Å². The smallest absolute Gasteiger partial charge is 0.0841 e. The van der Waals surface area contributed by atoms with Crippen molar-refractivity contribution in [1.82, 2.24) is 0 Å². The van der Waals surface area contributed by atoms with Gasteiger partial charge in [0.15, 0.2) is 0 Å². The fourth-order valence-corrected chi connectivity index (χ4v) is 3.24. The average Bonchev–Trinajstić information content (AvgIpc) is 2.26. The van der Waals surface area contributed by atoms with Crippen LogP contribution in [0.25, 0.3) is 0 Å². The molecule has 2 aromatic rings. The number of benzene rings is 2. The predicted molar refractivity (Wildman–Crippen MR) is 83.7 cm³/mol. The van der Waals surface area contributed by atoms with Gasteiger partial charge in [-0.2, -0.15) is 0 Å². The molecule has 19 heavy (non-hydrogen) atoms. The first-order chi connectivity index (χ1) is 8.95. The van der Waals surface area contributed by atoms with E-state index < -0.39 is 6.10 Å². The van der Waals surface area contributed by atoms with Crippen LogP contribution in [0.4, 0.5) is 0 Å². The third kappa shape index (κ3) is 3.82. The Labute approximate surface area is 127 Å². The zero-order valence-corrected chi connectivity index (χ0v) is 13.3. The molecule has 1 nitrogen and oxygen atoms in total. The first-order valence-corrected chi connectivity index (χ1v) is 7.33. The highest BCUT2D eigenvalue weighted by Gasteiger charge is 2.12. The fraction of sp³-hybridized carbons (Fsp3) is 0.250. The van der Waals surface area contributed by atoms with Gasteiger partial charge in [0.2, 0.25) is 0 Å². The molecule has 0 aliphatic heterocycles. The Morgan fingerprint density at radius 2 is 1.74 bits per heavy atom. The lowest BCUT2D eigenvalue weighted by Gasteiger charge is -2.14. The summed E-state index contributed by atoms with van der Waals surface area (Å²) in [5, 5.41) is 11.0. The zero-order chi connectivity index (χ0) is 14.0. The Kier molecular flexibility index (Phi) is 4.67. The van der Waals surface area contributed by atoms with Gasteiger partial charge < -0.3 is 5.11 Å². The van der Waals surface area contributed by atoms with E-state index in [9.17, 15) is 5.11 Å². The van der Waals surface area contributed by atoms with Crippen molar-refractivity contribution in [3.63, 3.8) is 0 Å². The average molecular weight is 340 g/mol. The standard InChI is InChI=1S/C16H16BrClO/c1-10-5-11(2)7-12(6-10)8-16(19)14-4-3-13(18)9-15(14)17/h3-7,9,16,19H,8H2,1-2H3. The Morgan fingerprint density at radius 1 is 1.11 bits per heavy atom. The first-order valence-electron chi connectivity index (χ1n) is 6.16. The van der Waals surface area contributed by atoms with Crippen molar-refractivity contribution in [3.8, 4) is 0 Å². The summed E-state index contributed by atoms with van der Waals surface area (Å²) in [7, 11) is 0. The van der Waals surface area contributed by atoms with Crippen molar-refractivity contribution < 1.29 is 5.11 Å². The number of halogens is 2. The summed E-state index contributed by atoms with van der Waals surface area (Å²) in [6.45, 7) is 4.14. The van der Waals surface area contributed by atoms with Gasteiger partial charge in [-0.15, -0.1) is 0 Å². The minimum Gasteiger partial charge on any atom is -0.388 e. The Morgan fingerprint density at radius 3 is 2.32 bits per heavy atom. The number of hydrogen-bond acceptors (Lipinski definition) is 1. The molecule has 0 saturated heterocycles. The molecule has 0 amide bonds. The van der Waals surface area contributed by atoms with Gasteiger partial charge in [-0.25, -0.2) is 0 Å². The van der Waals surface area contributed by atoms with Crippen LogP contribution in [0, 0.1) is 13.8 Å². The summed E-state index contributed by atoms with van der Waals surface area (Å²) in [6, 6.07) is 11.8. The minimum absolute atomic E-state index is 0.534. The van der Waals surface area contributed by atoms with Crippen LogP contribution in [0.2, 0.25) is 5.02 Å². The molecule has 1 unspecified atom stereocenters. The molecule has 3 heteroatoms. The maximum atomic E-state index is 10.4. The van der Waals surface area contributed by atoms with E-state index in [2.05, 4.69) is 48.0 Å². The summed E-state index contributed by atoms with van der Waals surface area (Å²) in [5.74, 6) is 0. The van der Waals surface area contributed by atoms with E-state index in [4.69, 9.17) is 11.6 Å². The summed E-state index contributed by atoms with van der Waals surface area (Å²) in [5.41, 5.74) is 4.45. The fourth-order valence-electron chi connectivity index (χ4n) is 2.29. The van der Waals surface area contributed by atoms with Crippen molar-refractivity contribution >= 4 is 27.5 Å². The molecule has 0 fully saturated rings. The predicted octanol–water partition coefficient (Wildman–Crippen LogP) is 5.00. The van der Waals surface area contributed by atoms with Gasteiger partial charge in [-0.05, 0) is 37.1 Å². The van der Waals surface area contributed by atoms with E-state index in [-0.39, 0.29) is 0 Å². The zero-order valence-electron chi connectivity index (χ0n) is 11.0. The highest BCUT2D eigenvalue weighted by Crippen LogP contribution is 2.29. The van der Waals surface area contributed by atoms with Gasteiger partial charge in [0.1, 0.15) is 0 Å². The van der Waals surface area contributed by atoms with E-state index >= 15 is 0 Å². The number of aryl methyl sites for hydroxylation is 2. The van der Waals surface area contributed by atoms with E-state index in [0.717, 1.165) is 15.6 Å². The summed E-state index contributed by atoms with van der Waals surface area (Å²) in [4.78, 5) is 0. The molecule has 0 saturated carbocycles. The van der Waals surface area contributed by atoms with Crippen molar-refractivity contribution in [3.05, 3.63) is 68.1 Å². The molecule has 1 atom stereocenters. The van der Waals surface area contributed by atoms with Crippen molar-refractivity contribution in [2.75, 3.05) is 0 Å². The monoisotopic (exact) mass is 338 g/mol. The second-order valence-corrected chi connectivity index (χ2v) is 6.17. The number of aliphatic hydroxyl groups is 1. The lowest BCUT2D eigenvalue weighted by molar-refractivity contribution is 0.177. The van der Waals surface area contributed by atoms with Crippen LogP contribution in [0.1, 0.15) is 28.4 Å². The highest BCUT2D eigenvalue weighted by atomic mass is 79.9. The van der Waals surface area contributed by atoms with Crippen LogP contribution in [0.5, 0.6) is 0 Å². The molecule has 0 aromatic heterocycles. The number of hydrogen-bond donors (Lipinski definition) is 1. The maximum Gasteiger partial charge on any atom is 0.0841 e. The molecule has 0 spiro atoms. The van der Waals surface area contributed by atoms with Crippen molar-refractivity contribution in [1.29, 1.82) is 0 Å². The van der Waals surface area contributed by atoms with Gasteiger partial charge in [0, 0.05) is 15.9 Å². The van der Waals surface area contributed by atoms with E-state index in [1.54, 1.807) is 6.07 Å². The summed E-state index contributed by atoms with van der Waals surface area (Å²) in [6.07, 6.45) is 0.0655. The molecular weight excluding hydrogens is 324 g/mol. The second-order valence-electron chi connectivity index (χ2n) is 4.88.